The quantitative estimate of drug-likeness (QED) is 0.678. The van der Waals surface area contributed by atoms with Gasteiger partial charge in [-0.15, -0.1) is 4.85 Å². The minimum absolute atomic E-state index is 0.172. The van der Waals surface area contributed by atoms with Gasteiger partial charge in [0.15, 0.2) is 0 Å². The lowest BCUT2D eigenvalue weighted by molar-refractivity contribution is 0.109. The zero-order valence-electron chi connectivity index (χ0n) is 10.3. The van der Waals surface area contributed by atoms with Crippen molar-refractivity contribution in [1.29, 1.82) is 0 Å². The second kappa shape index (κ2) is 5.88. The van der Waals surface area contributed by atoms with Crippen LogP contribution in [0.25, 0.3) is 0 Å². The van der Waals surface area contributed by atoms with Gasteiger partial charge in [0.05, 0.1) is 6.20 Å². The molecule has 100 valence electrons. The van der Waals surface area contributed by atoms with E-state index in [0.717, 1.165) is 17.5 Å². The van der Waals surface area contributed by atoms with Crippen LogP contribution in [0, 0.1) is 0 Å². The molecule has 5 nitrogen and oxygen atoms in total. The van der Waals surface area contributed by atoms with Crippen molar-refractivity contribution in [3.8, 4) is 5.88 Å². The Morgan fingerprint density at radius 3 is 2.84 bits per heavy atom. The Balaban J connectivity index is 2.25. The zero-order valence-corrected chi connectivity index (χ0v) is 11.9. The predicted molar refractivity (Wildman–Crippen MR) is 72.8 cm³/mol. The summed E-state index contributed by atoms with van der Waals surface area (Å²) in [6.07, 6.45) is 2.18. The van der Waals surface area contributed by atoms with Crippen molar-refractivity contribution >= 4 is 20.6 Å². The molecule has 0 fully saturated rings. The van der Waals surface area contributed by atoms with Crippen LogP contribution in [0.2, 0.25) is 0 Å². The third kappa shape index (κ3) is 3.14. The first kappa shape index (κ1) is 13.6. The van der Waals surface area contributed by atoms with E-state index in [1.807, 2.05) is 19.1 Å². The first-order valence-corrected chi connectivity index (χ1v) is 6.59. The fourth-order valence-corrected chi connectivity index (χ4v) is 2.21. The van der Waals surface area contributed by atoms with Crippen LogP contribution in [0.3, 0.4) is 0 Å². The van der Waals surface area contributed by atoms with Gasteiger partial charge in [-0.3, -0.25) is 4.79 Å². The highest BCUT2D eigenvalue weighted by molar-refractivity contribution is 9.18. The largest absolute Gasteiger partial charge is 0.472 e. The van der Waals surface area contributed by atoms with Gasteiger partial charge in [0, 0.05) is 17.2 Å². The molecule has 0 atom stereocenters. The van der Waals surface area contributed by atoms with Crippen molar-refractivity contribution in [1.82, 2.24) is 9.94 Å². The molecule has 0 unspecified atom stereocenters. The van der Waals surface area contributed by atoms with Crippen LogP contribution in [-0.2, 0) is 13.0 Å². The van der Waals surface area contributed by atoms with Crippen LogP contribution in [-0.4, -0.2) is 19.8 Å². The topological polar surface area (TPSA) is 64.3 Å². The Morgan fingerprint density at radius 1 is 1.47 bits per heavy atom. The van der Waals surface area contributed by atoms with Crippen molar-refractivity contribution in [2.45, 2.75) is 20.0 Å². The number of rotatable bonds is 5. The second-order valence-electron chi connectivity index (χ2n) is 3.93. The van der Waals surface area contributed by atoms with Crippen molar-refractivity contribution < 1.29 is 14.7 Å². The summed E-state index contributed by atoms with van der Waals surface area (Å²) in [6, 6.07) is 7.10. The number of hydrogen-bond acceptors (Lipinski definition) is 4. The Morgan fingerprint density at radius 2 is 2.26 bits per heavy atom. The van der Waals surface area contributed by atoms with Crippen molar-refractivity contribution in [3.05, 3.63) is 47.2 Å². The van der Waals surface area contributed by atoms with Gasteiger partial charge in [-0.2, -0.15) is 0 Å². The van der Waals surface area contributed by atoms with Gasteiger partial charge in [0.2, 0.25) is 10.6 Å². The maximum atomic E-state index is 11.6. The van der Waals surface area contributed by atoms with E-state index in [0.29, 0.717) is 16.3 Å². The Bertz CT molecular complexity index is 595. The van der Waals surface area contributed by atoms with Crippen molar-refractivity contribution in [2.24, 2.45) is 0 Å². The van der Waals surface area contributed by atoms with Crippen molar-refractivity contribution in [3.63, 3.8) is 0 Å². The highest BCUT2D eigenvalue weighted by atomic mass is 79.9. The maximum absolute atomic E-state index is 11.6. The first-order valence-electron chi connectivity index (χ1n) is 5.80. The average molecular weight is 325 g/mol. The number of ether oxygens (including phenoxy) is 1. The van der Waals surface area contributed by atoms with E-state index in [9.17, 15) is 4.79 Å². The zero-order chi connectivity index (χ0) is 13.8. The maximum Gasteiger partial charge on any atom is 0.236 e. The predicted octanol–water partition coefficient (Wildman–Crippen LogP) is 2.80. The smallest absolute Gasteiger partial charge is 0.236 e. The number of aromatic nitrogens is 2. The molecule has 0 saturated heterocycles. The Kier molecular flexibility index (Phi) is 4.21. The van der Waals surface area contributed by atoms with Crippen LogP contribution >= 0.6 is 15.9 Å². The second-order valence-corrected chi connectivity index (χ2v) is 4.65. The summed E-state index contributed by atoms with van der Waals surface area (Å²) in [4.78, 5) is 12.2. The number of hydrogen-bond donors (Lipinski definition) is 1. The van der Waals surface area contributed by atoms with Gasteiger partial charge in [0.1, 0.15) is 6.61 Å². The summed E-state index contributed by atoms with van der Waals surface area (Å²) in [5.41, 5.74) is 2.47. The highest BCUT2D eigenvalue weighted by Crippen LogP contribution is 2.20. The van der Waals surface area contributed by atoms with Crippen LogP contribution in [0.15, 0.2) is 30.5 Å². The molecule has 19 heavy (non-hydrogen) atoms. The van der Waals surface area contributed by atoms with E-state index in [1.165, 1.54) is 6.20 Å². The fourth-order valence-electron chi connectivity index (χ4n) is 1.84. The molecule has 6 heteroatoms. The van der Waals surface area contributed by atoms with E-state index in [1.54, 1.807) is 12.1 Å². The van der Waals surface area contributed by atoms with Crippen LogP contribution in [0.4, 0.5) is 0 Å². The molecule has 0 amide bonds. The van der Waals surface area contributed by atoms with Gasteiger partial charge in [-0.25, -0.2) is 0 Å². The molecule has 2 rings (SSSR count). The lowest BCUT2D eigenvalue weighted by Crippen LogP contribution is -2.06. The molecule has 0 aliphatic rings. The van der Waals surface area contributed by atoms with E-state index in [4.69, 9.17) is 9.94 Å². The lowest BCUT2D eigenvalue weighted by Gasteiger charge is -2.11. The standard InChI is InChI=1S/C13H13BrN2O3/c1-2-9-4-3-5-10(13(14)17)11(9)8-19-12-6-7-16(18)15-12/h3-7,18H,2,8H2,1H3. The molecule has 1 N–H and O–H groups in total. The normalized spacial score (nSPS) is 10.4. The van der Waals surface area contributed by atoms with Gasteiger partial charge in [-0.05, 0) is 27.9 Å². The summed E-state index contributed by atoms with van der Waals surface area (Å²) >= 11 is 2.97. The molecule has 0 aliphatic heterocycles. The fraction of sp³-hybridized carbons (Fsp3) is 0.231. The highest BCUT2D eigenvalue weighted by Gasteiger charge is 2.13. The molecular formula is C13H13BrN2O3. The number of carbonyl (C=O) groups is 1. The number of carbonyl (C=O) groups excluding carboxylic acids is 1. The Hall–Kier alpha value is -1.82. The van der Waals surface area contributed by atoms with Crippen LogP contribution < -0.4 is 4.74 Å². The third-order valence-electron chi connectivity index (χ3n) is 2.78. The molecule has 0 spiro atoms. The van der Waals surface area contributed by atoms with Gasteiger partial charge in [-0.1, -0.05) is 30.2 Å². The molecular weight excluding hydrogens is 312 g/mol. The SMILES string of the molecule is CCc1cccc(C(=O)Br)c1COc1ccn(O)n1. The average Bonchev–Trinajstić information content (AvgIpc) is 2.81. The lowest BCUT2D eigenvalue weighted by atomic mass is 10.0. The van der Waals surface area contributed by atoms with E-state index >= 15 is 0 Å². The first-order chi connectivity index (χ1) is 9.11. The van der Waals surface area contributed by atoms with E-state index < -0.39 is 0 Å². The molecule has 1 heterocycles. The van der Waals surface area contributed by atoms with Crippen LogP contribution in [0.1, 0.15) is 28.4 Å². The molecule has 1 aromatic carbocycles. The summed E-state index contributed by atoms with van der Waals surface area (Å²) in [5.74, 6) is 0.307. The molecule has 0 bridgehead atoms. The Labute approximate surface area is 118 Å². The monoisotopic (exact) mass is 324 g/mol. The number of nitrogens with zero attached hydrogens (tertiary/aromatic N) is 2. The summed E-state index contributed by atoms with van der Waals surface area (Å²) < 4.78 is 5.31. The van der Waals surface area contributed by atoms with Gasteiger partial charge in [0.25, 0.3) is 0 Å². The van der Waals surface area contributed by atoms with E-state index in [-0.39, 0.29) is 11.3 Å². The number of aryl methyl sites for hydroxylation is 1. The summed E-state index contributed by atoms with van der Waals surface area (Å²) in [6.45, 7) is 2.25. The van der Waals surface area contributed by atoms with Crippen molar-refractivity contribution in [2.75, 3.05) is 0 Å². The molecule has 2 aromatic rings. The van der Waals surface area contributed by atoms with E-state index in [2.05, 4.69) is 21.0 Å². The molecule has 0 aliphatic carbocycles. The number of benzene rings is 1. The third-order valence-corrected chi connectivity index (χ3v) is 3.21. The molecule has 0 saturated carbocycles. The van der Waals surface area contributed by atoms with Gasteiger partial charge >= 0.3 is 0 Å². The molecule has 1 aromatic heterocycles. The summed E-state index contributed by atoms with van der Waals surface area (Å²) in [5, 5.41) is 12.8. The molecule has 0 radical (unpaired) electrons. The summed E-state index contributed by atoms with van der Waals surface area (Å²) in [7, 11) is 0. The minimum Gasteiger partial charge on any atom is -0.472 e. The van der Waals surface area contributed by atoms with Gasteiger partial charge < -0.3 is 9.94 Å². The number of halogens is 1. The van der Waals surface area contributed by atoms with Crippen LogP contribution in [0.5, 0.6) is 5.88 Å². The minimum atomic E-state index is -0.172.